The number of aryl methyl sites for hydroxylation is 1. The molecule has 2 aromatic carbocycles. The monoisotopic (exact) mass is 430 g/mol. The number of carbonyl (C=O) groups is 1. The zero-order chi connectivity index (χ0) is 20.8. The maximum Gasteiger partial charge on any atom is 0.264 e. The van der Waals surface area contributed by atoms with Crippen LogP contribution < -0.4 is 14.4 Å². The Morgan fingerprint density at radius 3 is 2.59 bits per heavy atom. The van der Waals surface area contributed by atoms with E-state index in [9.17, 15) is 13.2 Å². The maximum atomic E-state index is 13.1. The Hall–Kier alpha value is -2.58. The van der Waals surface area contributed by atoms with Crippen LogP contribution in [0.2, 0.25) is 0 Å². The SMILES string of the molecule is COc1ccc(S(=O)(=O)N(C)c2ccc3sc(C(=O)NC4CC4)cc3c2)cc1C. The molecule has 0 atom stereocenters. The van der Waals surface area contributed by atoms with Gasteiger partial charge in [0, 0.05) is 17.8 Å². The molecule has 0 radical (unpaired) electrons. The number of fused-ring (bicyclic) bond motifs is 1. The van der Waals surface area contributed by atoms with E-state index in [-0.39, 0.29) is 10.8 Å². The number of sulfonamides is 1. The van der Waals surface area contributed by atoms with Crippen LogP contribution in [0, 0.1) is 6.92 Å². The van der Waals surface area contributed by atoms with Crippen molar-refractivity contribution in [2.24, 2.45) is 0 Å². The largest absolute Gasteiger partial charge is 0.496 e. The van der Waals surface area contributed by atoms with E-state index in [2.05, 4.69) is 5.32 Å². The molecule has 1 N–H and O–H groups in total. The van der Waals surface area contributed by atoms with Gasteiger partial charge in [-0.1, -0.05) is 0 Å². The van der Waals surface area contributed by atoms with Gasteiger partial charge in [0.15, 0.2) is 0 Å². The molecule has 1 saturated carbocycles. The van der Waals surface area contributed by atoms with Crippen molar-refractivity contribution in [3.63, 3.8) is 0 Å². The fourth-order valence-corrected chi connectivity index (χ4v) is 5.35. The van der Waals surface area contributed by atoms with E-state index in [1.807, 2.05) is 19.1 Å². The van der Waals surface area contributed by atoms with E-state index in [1.165, 1.54) is 22.7 Å². The van der Waals surface area contributed by atoms with Gasteiger partial charge >= 0.3 is 0 Å². The molecule has 0 spiro atoms. The fourth-order valence-electron chi connectivity index (χ4n) is 3.13. The number of carbonyl (C=O) groups excluding carboxylic acids is 1. The molecule has 1 aliphatic rings. The van der Waals surface area contributed by atoms with E-state index < -0.39 is 10.0 Å². The van der Waals surface area contributed by atoms with Gasteiger partial charge in [0.2, 0.25) is 0 Å². The van der Waals surface area contributed by atoms with Gasteiger partial charge in [-0.3, -0.25) is 9.10 Å². The fraction of sp³-hybridized carbons (Fsp3) is 0.286. The van der Waals surface area contributed by atoms with Crippen LogP contribution in [0.1, 0.15) is 28.1 Å². The lowest BCUT2D eigenvalue weighted by molar-refractivity contribution is 0.0955. The minimum atomic E-state index is -3.72. The first-order valence-corrected chi connectivity index (χ1v) is 11.5. The third-order valence-electron chi connectivity index (χ3n) is 5.02. The second-order valence-electron chi connectivity index (χ2n) is 7.18. The Morgan fingerprint density at radius 2 is 1.93 bits per heavy atom. The van der Waals surface area contributed by atoms with Gasteiger partial charge in [0.1, 0.15) is 5.75 Å². The normalized spacial score (nSPS) is 14.0. The lowest BCUT2D eigenvalue weighted by Gasteiger charge is -2.20. The number of anilines is 1. The van der Waals surface area contributed by atoms with Crippen molar-refractivity contribution in [2.45, 2.75) is 30.7 Å². The number of hydrogen-bond donors (Lipinski definition) is 1. The van der Waals surface area contributed by atoms with Crippen LogP contribution in [0.15, 0.2) is 47.4 Å². The summed E-state index contributed by atoms with van der Waals surface area (Å²) >= 11 is 1.41. The molecule has 1 heterocycles. The highest BCUT2D eigenvalue weighted by Gasteiger charge is 2.25. The minimum Gasteiger partial charge on any atom is -0.496 e. The molecule has 0 bridgehead atoms. The summed E-state index contributed by atoms with van der Waals surface area (Å²) in [7, 11) is -0.639. The van der Waals surface area contributed by atoms with E-state index >= 15 is 0 Å². The minimum absolute atomic E-state index is 0.0649. The van der Waals surface area contributed by atoms with Gasteiger partial charge < -0.3 is 10.1 Å². The zero-order valence-electron chi connectivity index (χ0n) is 16.4. The van der Waals surface area contributed by atoms with Crippen LogP contribution in [0.4, 0.5) is 5.69 Å². The predicted molar refractivity (Wildman–Crippen MR) is 116 cm³/mol. The second-order valence-corrected chi connectivity index (χ2v) is 10.2. The van der Waals surface area contributed by atoms with E-state index in [4.69, 9.17) is 4.74 Å². The predicted octanol–water partition coefficient (Wildman–Crippen LogP) is 3.94. The quantitative estimate of drug-likeness (QED) is 0.643. The number of benzene rings is 2. The molecule has 0 aliphatic heterocycles. The van der Waals surface area contributed by atoms with Crippen molar-refractivity contribution in [3.8, 4) is 5.75 Å². The molecule has 4 rings (SSSR count). The molecule has 0 saturated heterocycles. The first-order valence-electron chi connectivity index (χ1n) is 9.27. The standard InChI is InChI=1S/C21H22N2O4S2/c1-13-10-17(7-8-18(13)27-3)29(25,26)23(2)16-6-9-19-14(11-16)12-20(28-19)21(24)22-15-4-5-15/h6-12,15H,4-5H2,1-3H3,(H,22,24). The number of rotatable bonds is 6. The summed E-state index contributed by atoms with van der Waals surface area (Å²) in [6.45, 7) is 1.81. The number of amides is 1. The number of nitrogens with zero attached hydrogens (tertiary/aromatic N) is 1. The highest BCUT2D eigenvalue weighted by Crippen LogP contribution is 2.32. The lowest BCUT2D eigenvalue weighted by atomic mass is 10.2. The average molecular weight is 431 g/mol. The van der Waals surface area contributed by atoms with Crippen molar-refractivity contribution in [1.82, 2.24) is 5.32 Å². The Bertz CT molecular complexity index is 1200. The summed E-state index contributed by atoms with van der Waals surface area (Å²) in [5.74, 6) is 0.577. The van der Waals surface area contributed by atoms with Gasteiger partial charge in [-0.25, -0.2) is 8.42 Å². The number of methoxy groups -OCH3 is 1. The summed E-state index contributed by atoms with van der Waals surface area (Å²) < 4.78 is 33.6. The molecule has 152 valence electrons. The van der Waals surface area contributed by atoms with Crippen LogP contribution in [-0.2, 0) is 10.0 Å². The van der Waals surface area contributed by atoms with Crippen molar-refractivity contribution in [2.75, 3.05) is 18.5 Å². The van der Waals surface area contributed by atoms with Gasteiger partial charge in [-0.15, -0.1) is 11.3 Å². The molecular formula is C21H22N2O4S2. The van der Waals surface area contributed by atoms with Crippen molar-refractivity contribution < 1.29 is 17.9 Å². The second kappa shape index (κ2) is 7.35. The molecule has 1 amide bonds. The van der Waals surface area contributed by atoms with Crippen molar-refractivity contribution in [3.05, 3.63) is 52.9 Å². The summed E-state index contributed by atoms with van der Waals surface area (Å²) in [6.07, 6.45) is 2.07. The third-order valence-corrected chi connectivity index (χ3v) is 7.92. The number of thiophene rings is 1. The number of nitrogens with one attached hydrogen (secondary N) is 1. The molecule has 0 unspecified atom stereocenters. The molecule has 1 aliphatic carbocycles. The molecule has 6 nitrogen and oxygen atoms in total. The van der Waals surface area contributed by atoms with Crippen LogP contribution >= 0.6 is 11.3 Å². The van der Waals surface area contributed by atoms with Crippen molar-refractivity contribution >= 4 is 43.0 Å². The number of hydrogen-bond acceptors (Lipinski definition) is 5. The van der Waals surface area contributed by atoms with Gasteiger partial charge in [0.25, 0.3) is 15.9 Å². The zero-order valence-corrected chi connectivity index (χ0v) is 18.1. The summed E-state index contributed by atoms with van der Waals surface area (Å²) in [5.41, 5.74) is 1.29. The van der Waals surface area contributed by atoms with E-state index in [0.29, 0.717) is 22.4 Å². The maximum absolute atomic E-state index is 13.1. The van der Waals surface area contributed by atoms with Crippen LogP contribution in [0.5, 0.6) is 5.75 Å². The lowest BCUT2D eigenvalue weighted by Crippen LogP contribution is -2.26. The first kappa shape index (κ1) is 19.7. The molecule has 1 fully saturated rings. The van der Waals surface area contributed by atoms with Crippen LogP contribution in [-0.4, -0.2) is 34.5 Å². The topological polar surface area (TPSA) is 75.7 Å². The highest BCUT2D eigenvalue weighted by molar-refractivity contribution is 7.92. The summed E-state index contributed by atoms with van der Waals surface area (Å²) in [6, 6.07) is 12.3. The van der Waals surface area contributed by atoms with Gasteiger partial charge in [0.05, 0.1) is 22.6 Å². The van der Waals surface area contributed by atoms with Crippen LogP contribution in [0.3, 0.4) is 0 Å². The van der Waals surface area contributed by atoms with Crippen molar-refractivity contribution in [1.29, 1.82) is 0 Å². The summed E-state index contributed by atoms with van der Waals surface area (Å²) in [4.78, 5) is 13.1. The molecule has 29 heavy (non-hydrogen) atoms. The number of ether oxygens (including phenoxy) is 1. The summed E-state index contributed by atoms with van der Waals surface area (Å²) in [5, 5.41) is 3.83. The molecule has 8 heteroatoms. The smallest absolute Gasteiger partial charge is 0.264 e. The van der Waals surface area contributed by atoms with E-state index in [1.54, 1.807) is 37.4 Å². The van der Waals surface area contributed by atoms with Crippen LogP contribution in [0.25, 0.3) is 10.1 Å². The van der Waals surface area contributed by atoms with E-state index in [0.717, 1.165) is 28.5 Å². The first-order chi connectivity index (χ1) is 13.8. The van der Waals surface area contributed by atoms with Gasteiger partial charge in [-0.2, -0.15) is 0 Å². The third kappa shape index (κ3) is 3.82. The Kier molecular flexibility index (Phi) is 5.00. The Labute approximate surface area is 174 Å². The molecule has 1 aromatic heterocycles. The highest BCUT2D eigenvalue weighted by atomic mass is 32.2. The Balaban J connectivity index is 1.64. The van der Waals surface area contributed by atoms with Gasteiger partial charge in [-0.05, 0) is 73.2 Å². The molecule has 3 aromatic rings. The molecular weight excluding hydrogens is 408 g/mol. The average Bonchev–Trinajstić information content (AvgIpc) is 3.41. The Morgan fingerprint density at radius 1 is 1.17 bits per heavy atom.